The highest BCUT2D eigenvalue weighted by Gasteiger charge is 2.21. The smallest absolute Gasteiger partial charge is 0.128 e. The third-order valence-corrected chi connectivity index (χ3v) is 3.90. The van der Waals surface area contributed by atoms with E-state index in [-0.39, 0.29) is 11.2 Å². The van der Waals surface area contributed by atoms with Gasteiger partial charge in [-0.3, -0.25) is 0 Å². The highest BCUT2D eigenvalue weighted by atomic mass is 32.2. The molecule has 0 amide bonds. The Morgan fingerprint density at radius 1 is 1.43 bits per heavy atom. The highest BCUT2D eigenvalue weighted by molar-refractivity contribution is 7.99. The van der Waals surface area contributed by atoms with E-state index in [1.54, 1.807) is 17.8 Å². The summed E-state index contributed by atoms with van der Waals surface area (Å²) in [6.45, 7) is 3.18. The van der Waals surface area contributed by atoms with Gasteiger partial charge in [-0.25, -0.2) is 4.39 Å². The molecular formula is C11H14FNS. The molecule has 1 heterocycles. The maximum atomic E-state index is 13.4. The largest absolute Gasteiger partial charge is 0.301 e. The average molecular weight is 211 g/mol. The normalized spacial score (nSPS) is 27.6. The van der Waals surface area contributed by atoms with E-state index in [0.717, 1.165) is 17.9 Å². The maximum Gasteiger partial charge on any atom is 0.128 e. The number of halogens is 1. The molecule has 76 valence electrons. The van der Waals surface area contributed by atoms with Crippen LogP contribution in [0.25, 0.3) is 0 Å². The molecule has 14 heavy (non-hydrogen) atoms. The van der Waals surface area contributed by atoms with E-state index in [9.17, 15) is 4.39 Å². The first-order chi connectivity index (χ1) is 6.77. The summed E-state index contributed by atoms with van der Waals surface area (Å²) in [5.41, 5.74) is 0.782. The molecule has 1 saturated heterocycles. The lowest BCUT2D eigenvalue weighted by Gasteiger charge is -2.27. The monoisotopic (exact) mass is 211 g/mol. The summed E-state index contributed by atoms with van der Waals surface area (Å²) in [6, 6.07) is 7.00. The zero-order valence-corrected chi connectivity index (χ0v) is 8.98. The molecule has 1 aliphatic rings. The fourth-order valence-corrected chi connectivity index (χ4v) is 2.80. The SMILES string of the molecule is CC1CNC(c2ccccc2F)SC1. The molecule has 0 aromatic heterocycles. The quantitative estimate of drug-likeness (QED) is 0.766. The predicted molar refractivity (Wildman–Crippen MR) is 58.8 cm³/mol. The number of hydrogen-bond acceptors (Lipinski definition) is 2. The first kappa shape index (κ1) is 9.99. The van der Waals surface area contributed by atoms with Crippen molar-refractivity contribution >= 4 is 11.8 Å². The van der Waals surface area contributed by atoms with Gasteiger partial charge in [0.05, 0.1) is 5.37 Å². The number of thioether (sulfide) groups is 1. The zero-order valence-electron chi connectivity index (χ0n) is 8.16. The second-order valence-electron chi connectivity index (χ2n) is 3.75. The molecule has 1 N–H and O–H groups in total. The Morgan fingerprint density at radius 2 is 2.21 bits per heavy atom. The van der Waals surface area contributed by atoms with Gasteiger partial charge in [0.2, 0.25) is 0 Å². The second-order valence-corrected chi connectivity index (χ2v) is 4.89. The van der Waals surface area contributed by atoms with Crippen molar-refractivity contribution in [3.8, 4) is 0 Å². The fourth-order valence-electron chi connectivity index (χ4n) is 1.57. The molecule has 2 rings (SSSR count). The molecule has 2 unspecified atom stereocenters. The number of benzene rings is 1. The Balaban J connectivity index is 2.12. The van der Waals surface area contributed by atoms with E-state index < -0.39 is 0 Å². The summed E-state index contributed by atoms with van der Waals surface area (Å²) in [6.07, 6.45) is 0. The van der Waals surface area contributed by atoms with Crippen LogP contribution in [0.2, 0.25) is 0 Å². The van der Waals surface area contributed by atoms with Crippen molar-refractivity contribution in [3.63, 3.8) is 0 Å². The van der Waals surface area contributed by atoms with Gasteiger partial charge in [-0.2, -0.15) is 0 Å². The standard InChI is InChI=1S/C11H14FNS/c1-8-6-13-11(14-7-8)9-4-2-3-5-10(9)12/h2-5,8,11,13H,6-7H2,1H3. The Hall–Kier alpha value is -0.540. The van der Waals surface area contributed by atoms with E-state index in [2.05, 4.69) is 12.2 Å². The molecule has 1 aromatic carbocycles. The molecule has 3 heteroatoms. The molecular weight excluding hydrogens is 197 g/mol. The Bertz CT molecular complexity index is 308. The van der Waals surface area contributed by atoms with Crippen LogP contribution in [0.5, 0.6) is 0 Å². The molecule has 0 bridgehead atoms. The van der Waals surface area contributed by atoms with Crippen molar-refractivity contribution in [2.75, 3.05) is 12.3 Å². The van der Waals surface area contributed by atoms with Crippen molar-refractivity contribution < 1.29 is 4.39 Å². The molecule has 0 spiro atoms. The van der Waals surface area contributed by atoms with Gasteiger partial charge in [0.1, 0.15) is 5.82 Å². The van der Waals surface area contributed by atoms with Gasteiger partial charge >= 0.3 is 0 Å². The number of nitrogens with one attached hydrogen (secondary N) is 1. The van der Waals surface area contributed by atoms with Crippen molar-refractivity contribution in [2.24, 2.45) is 5.92 Å². The Morgan fingerprint density at radius 3 is 2.86 bits per heavy atom. The van der Waals surface area contributed by atoms with Crippen LogP contribution in [-0.4, -0.2) is 12.3 Å². The third-order valence-electron chi connectivity index (χ3n) is 2.39. The minimum atomic E-state index is -0.105. The average Bonchev–Trinajstić information content (AvgIpc) is 2.20. The topological polar surface area (TPSA) is 12.0 Å². The van der Waals surface area contributed by atoms with Crippen molar-refractivity contribution in [3.05, 3.63) is 35.6 Å². The van der Waals surface area contributed by atoms with Gasteiger partial charge in [-0.05, 0) is 24.3 Å². The van der Waals surface area contributed by atoms with E-state index >= 15 is 0 Å². The molecule has 1 fully saturated rings. The molecule has 0 aliphatic carbocycles. The summed E-state index contributed by atoms with van der Waals surface area (Å²) in [7, 11) is 0. The van der Waals surface area contributed by atoms with Crippen LogP contribution in [-0.2, 0) is 0 Å². The Labute approximate surface area is 88.1 Å². The van der Waals surface area contributed by atoms with Crippen LogP contribution in [0, 0.1) is 11.7 Å². The van der Waals surface area contributed by atoms with Gasteiger partial charge in [-0.1, -0.05) is 25.1 Å². The number of rotatable bonds is 1. The Kier molecular flexibility index (Phi) is 3.08. The molecule has 0 radical (unpaired) electrons. The zero-order chi connectivity index (χ0) is 9.97. The molecule has 0 saturated carbocycles. The summed E-state index contributed by atoms with van der Waals surface area (Å²) in [5, 5.41) is 3.48. The fraction of sp³-hybridized carbons (Fsp3) is 0.455. The minimum absolute atomic E-state index is 0.105. The van der Waals surface area contributed by atoms with Crippen LogP contribution in [0.15, 0.2) is 24.3 Å². The van der Waals surface area contributed by atoms with Gasteiger partial charge in [-0.15, -0.1) is 11.8 Å². The number of hydrogen-bond donors (Lipinski definition) is 1. The summed E-state index contributed by atoms with van der Waals surface area (Å²) in [5.74, 6) is 1.68. The van der Waals surface area contributed by atoms with Gasteiger partial charge < -0.3 is 5.32 Å². The van der Waals surface area contributed by atoms with E-state index in [1.807, 2.05) is 12.1 Å². The highest BCUT2D eigenvalue weighted by Crippen LogP contribution is 2.32. The van der Waals surface area contributed by atoms with Crippen LogP contribution >= 0.6 is 11.8 Å². The lowest BCUT2D eigenvalue weighted by atomic mass is 10.1. The lowest BCUT2D eigenvalue weighted by Crippen LogP contribution is -2.31. The van der Waals surface area contributed by atoms with Crippen LogP contribution in [0.4, 0.5) is 4.39 Å². The van der Waals surface area contributed by atoms with E-state index in [0.29, 0.717) is 5.92 Å². The first-order valence-electron chi connectivity index (χ1n) is 4.87. The minimum Gasteiger partial charge on any atom is -0.301 e. The third kappa shape index (κ3) is 2.10. The molecule has 1 aliphatic heterocycles. The van der Waals surface area contributed by atoms with Crippen molar-refractivity contribution in [2.45, 2.75) is 12.3 Å². The van der Waals surface area contributed by atoms with Crippen molar-refractivity contribution in [1.29, 1.82) is 0 Å². The van der Waals surface area contributed by atoms with E-state index in [4.69, 9.17) is 0 Å². The summed E-state index contributed by atoms with van der Waals surface area (Å²) >= 11 is 1.79. The molecule has 1 aromatic rings. The second kappa shape index (κ2) is 4.32. The van der Waals surface area contributed by atoms with Gasteiger partial charge in [0.15, 0.2) is 0 Å². The summed E-state index contributed by atoms with van der Waals surface area (Å²) < 4.78 is 13.4. The van der Waals surface area contributed by atoms with Crippen LogP contribution in [0.3, 0.4) is 0 Å². The summed E-state index contributed by atoms with van der Waals surface area (Å²) in [4.78, 5) is 0. The molecule has 2 atom stereocenters. The van der Waals surface area contributed by atoms with Crippen LogP contribution in [0.1, 0.15) is 17.9 Å². The lowest BCUT2D eigenvalue weighted by molar-refractivity contribution is 0.513. The first-order valence-corrected chi connectivity index (χ1v) is 5.91. The molecule has 1 nitrogen and oxygen atoms in total. The van der Waals surface area contributed by atoms with Crippen molar-refractivity contribution in [1.82, 2.24) is 5.32 Å². The predicted octanol–water partition coefficient (Wildman–Crippen LogP) is 2.80. The van der Waals surface area contributed by atoms with Gasteiger partial charge in [0.25, 0.3) is 0 Å². The maximum absolute atomic E-state index is 13.4. The van der Waals surface area contributed by atoms with E-state index in [1.165, 1.54) is 6.07 Å². The van der Waals surface area contributed by atoms with Gasteiger partial charge in [0, 0.05) is 5.56 Å². The van der Waals surface area contributed by atoms with Crippen LogP contribution < -0.4 is 5.32 Å².